The van der Waals surface area contributed by atoms with Gasteiger partial charge in [-0.05, 0) is 71.2 Å². The number of benzene rings is 1. The lowest BCUT2D eigenvalue weighted by atomic mass is 9.88. The number of piperidine rings is 2. The zero-order valence-corrected chi connectivity index (χ0v) is 18.7. The minimum absolute atomic E-state index is 0.0543. The highest BCUT2D eigenvalue weighted by Crippen LogP contribution is 2.35. The van der Waals surface area contributed by atoms with E-state index >= 15 is 0 Å². The molecule has 2 aromatic rings. The zero-order chi connectivity index (χ0) is 22.5. The molecule has 0 bridgehead atoms. The average Bonchev–Trinajstić information content (AvgIpc) is 3.18. The van der Waals surface area contributed by atoms with E-state index in [1.54, 1.807) is 6.07 Å². The average molecular weight is 443 g/mol. The summed E-state index contributed by atoms with van der Waals surface area (Å²) in [5.41, 5.74) is 2.43. The van der Waals surface area contributed by atoms with Crippen LogP contribution in [0.3, 0.4) is 0 Å². The highest BCUT2D eigenvalue weighted by atomic mass is 19.1. The number of hydrogen-bond acceptors (Lipinski definition) is 6. The minimum atomic E-state index is -0.704. The number of fused-ring (bicyclic) bond motifs is 2. The van der Waals surface area contributed by atoms with Crippen molar-refractivity contribution in [2.24, 2.45) is 0 Å². The molecule has 7 nitrogen and oxygen atoms in total. The van der Waals surface area contributed by atoms with Gasteiger partial charge in [0, 0.05) is 41.7 Å². The van der Waals surface area contributed by atoms with Gasteiger partial charge in [-0.25, -0.2) is 4.39 Å². The van der Waals surface area contributed by atoms with Crippen molar-refractivity contribution in [2.75, 3.05) is 26.2 Å². The second kappa shape index (κ2) is 8.15. The highest BCUT2D eigenvalue weighted by Gasteiger charge is 2.48. The molecule has 2 fully saturated rings. The fourth-order valence-electron chi connectivity index (χ4n) is 5.60. The number of aliphatic hydroxyl groups excluding tert-OH is 1. The first-order chi connectivity index (χ1) is 15.4. The standard InChI is InChI=1S/C24H31FN4O3/c1-15-18(23(31)29-10-3-4-21(30)24(29,2)26-15)9-13-28-11-7-16(8-12-28)22-19-6-5-17(25)14-20(19)32-27-22/h5-6,14,16,21,26,30H,3-4,7-13H2,1-2H3. The first kappa shape index (κ1) is 21.4. The summed E-state index contributed by atoms with van der Waals surface area (Å²) in [4.78, 5) is 17.4. The molecule has 172 valence electrons. The largest absolute Gasteiger partial charge is 0.389 e. The number of carbonyl (C=O) groups is 1. The van der Waals surface area contributed by atoms with E-state index in [0.717, 1.165) is 61.2 Å². The van der Waals surface area contributed by atoms with Crippen LogP contribution < -0.4 is 5.32 Å². The van der Waals surface area contributed by atoms with Gasteiger partial charge >= 0.3 is 0 Å². The number of aliphatic hydroxyl groups is 1. The molecular formula is C24H31FN4O3. The Bertz CT molecular complexity index is 1060. The second-order valence-corrected chi connectivity index (χ2v) is 9.57. The molecule has 0 saturated carbocycles. The van der Waals surface area contributed by atoms with E-state index in [0.29, 0.717) is 30.9 Å². The molecule has 2 unspecified atom stereocenters. The summed E-state index contributed by atoms with van der Waals surface area (Å²) in [5, 5.41) is 19.0. The molecule has 1 aromatic carbocycles. The van der Waals surface area contributed by atoms with Gasteiger partial charge in [0.15, 0.2) is 5.58 Å². The van der Waals surface area contributed by atoms with Crippen LogP contribution in [0.1, 0.15) is 57.6 Å². The molecule has 2 N–H and O–H groups in total. The normalized spacial score (nSPS) is 27.7. The van der Waals surface area contributed by atoms with Crippen LogP contribution in [0.25, 0.3) is 11.0 Å². The van der Waals surface area contributed by atoms with Crippen molar-refractivity contribution < 1.29 is 18.8 Å². The van der Waals surface area contributed by atoms with Crippen molar-refractivity contribution in [1.82, 2.24) is 20.3 Å². The van der Waals surface area contributed by atoms with E-state index in [-0.39, 0.29) is 11.7 Å². The van der Waals surface area contributed by atoms with Crippen LogP contribution in [0.2, 0.25) is 0 Å². The fourth-order valence-corrected chi connectivity index (χ4v) is 5.60. The van der Waals surface area contributed by atoms with Crippen molar-refractivity contribution in [3.8, 4) is 0 Å². The molecule has 4 heterocycles. The highest BCUT2D eigenvalue weighted by molar-refractivity contribution is 5.95. The van der Waals surface area contributed by atoms with Crippen LogP contribution in [0.4, 0.5) is 4.39 Å². The third-order valence-electron chi connectivity index (χ3n) is 7.58. The number of nitrogens with zero attached hydrogens (tertiary/aromatic N) is 3. The van der Waals surface area contributed by atoms with Crippen LogP contribution in [0.15, 0.2) is 34.0 Å². The lowest BCUT2D eigenvalue weighted by molar-refractivity contribution is -0.148. The predicted molar refractivity (Wildman–Crippen MR) is 118 cm³/mol. The zero-order valence-electron chi connectivity index (χ0n) is 18.7. The lowest BCUT2D eigenvalue weighted by Gasteiger charge is -2.52. The third-order valence-corrected chi connectivity index (χ3v) is 7.58. The SMILES string of the molecule is CC1=C(CCN2CCC(c3noc4cc(F)ccc34)CC2)C(=O)N2CCCC(O)C2(C)N1. The number of likely N-dealkylation sites (tertiary alicyclic amines) is 1. The van der Waals surface area contributed by atoms with Gasteiger partial charge in [0.2, 0.25) is 0 Å². The summed E-state index contributed by atoms with van der Waals surface area (Å²) in [5.74, 6) is 0.0388. The summed E-state index contributed by atoms with van der Waals surface area (Å²) in [6.07, 6.45) is 3.59. The number of allylic oxidation sites excluding steroid dienone is 1. The molecule has 2 atom stereocenters. The Kier molecular flexibility index (Phi) is 5.45. The van der Waals surface area contributed by atoms with Crippen LogP contribution in [0.5, 0.6) is 0 Å². The molecule has 5 rings (SSSR count). The van der Waals surface area contributed by atoms with E-state index in [1.807, 2.05) is 18.7 Å². The number of rotatable bonds is 4. The van der Waals surface area contributed by atoms with Crippen LogP contribution in [-0.2, 0) is 4.79 Å². The van der Waals surface area contributed by atoms with Crippen molar-refractivity contribution in [2.45, 2.75) is 63.6 Å². The summed E-state index contributed by atoms with van der Waals surface area (Å²) >= 11 is 0. The third kappa shape index (κ3) is 3.59. The van der Waals surface area contributed by atoms with Gasteiger partial charge in [0.25, 0.3) is 5.91 Å². The molecule has 3 aliphatic rings. The van der Waals surface area contributed by atoms with Crippen LogP contribution in [0, 0.1) is 5.82 Å². The van der Waals surface area contributed by atoms with E-state index in [2.05, 4.69) is 15.4 Å². The summed E-state index contributed by atoms with van der Waals surface area (Å²) in [6.45, 7) is 7.22. The summed E-state index contributed by atoms with van der Waals surface area (Å²) in [6, 6.07) is 4.60. The molecule has 1 aromatic heterocycles. The van der Waals surface area contributed by atoms with E-state index in [4.69, 9.17) is 4.52 Å². The first-order valence-electron chi connectivity index (χ1n) is 11.6. The van der Waals surface area contributed by atoms with E-state index < -0.39 is 11.8 Å². The molecule has 1 amide bonds. The van der Waals surface area contributed by atoms with Gasteiger partial charge in [-0.15, -0.1) is 0 Å². The molecule has 3 aliphatic heterocycles. The Morgan fingerprint density at radius 1 is 1.28 bits per heavy atom. The number of amides is 1. The molecule has 32 heavy (non-hydrogen) atoms. The van der Waals surface area contributed by atoms with Gasteiger partial charge < -0.3 is 24.7 Å². The van der Waals surface area contributed by atoms with Gasteiger partial charge in [0.1, 0.15) is 11.5 Å². The van der Waals surface area contributed by atoms with Gasteiger partial charge in [-0.2, -0.15) is 0 Å². The Labute approximate surface area is 187 Å². The Morgan fingerprint density at radius 2 is 2.06 bits per heavy atom. The lowest BCUT2D eigenvalue weighted by Crippen LogP contribution is -2.70. The molecule has 0 spiro atoms. The topological polar surface area (TPSA) is 81.8 Å². The summed E-state index contributed by atoms with van der Waals surface area (Å²) in [7, 11) is 0. The Balaban J connectivity index is 1.21. The monoisotopic (exact) mass is 442 g/mol. The van der Waals surface area contributed by atoms with Crippen LogP contribution in [-0.4, -0.2) is 63.9 Å². The quantitative estimate of drug-likeness (QED) is 0.757. The molecule has 2 saturated heterocycles. The summed E-state index contributed by atoms with van der Waals surface area (Å²) < 4.78 is 18.8. The van der Waals surface area contributed by atoms with Gasteiger partial charge in [0.05, 0.1) is 11.8 Å². The van der Waals surface area contributed by atoms with Crippen molar-refractivity contribution in [3.63, 3.8) is 0 Å². The first-order valence-corrected chi connectivity index (χ1v) is 11.6. The number of carbonyl (C=O) groups excluding carboxylic acids is 1. The number of nitrogens with one attached hydrogen (secondary N) is 1. The van der Waals surface area contributed by atoms with Gasteiger partial charge in [-0.1, -0.05) is 5.16 Å². The van der Waals surface area contributed by atoms with Crippen molar-refractivity contribution >= 4 is 16.9 Å². The Hall–Kier alpha value is -2.45. The number of aromatic nitrogens is 1. The molecule has 0 radical (unpaired) electrons. The van der Waals surface area contributed by atoms with E-state index in [1.165, 1.54) is 12.1 Å². The maximum absolute atomic E-state index is 13.4. The minimum Gasteiger partial charge on any atom is -0.389 e. The number of hydrogen-bond donors (Lipinski definition) is 2. The maximum atomic E-state index is 13.4. The van der Waals surface area contributed by atoms with Crippen LogP contribution >= 0.6 is 0 Å². The molecular weight excluding hydrogens is 411 g/mol. The van der Waals surface area contributed by atoms with Crippen molar-refractivity contribution in [1.29, 1.82) is 0 Å². The molecule has 0 aliphatic carbocycles. The predicted octanol–water partition coefficient (Wildman–Crippen LogP) is 3.11. The van der Waals surface area contributed by atoms with Crippen molar-refractivity contribution in [3.05, 3.63) is 41.0 Å². The van der Waals surface area contributed by atoms with E-state index in [9.17, 15) is 14.3 Å². The fraction of sp³-hybridized carbons (Fsp3) is 0.583. The van der Waals surface area contributed by atoms with Gasteiger partial charge in [-0.3, -0.25) is 4.79 Å². The maximum Gasteiger partial charge on any atom is 0.253 e. The molecule has 8 heteroatoms. The Morgan fingerprint density at radius 3 is 2.84 bits per heavy atom. The second-order valence-electron chi connectivity index (χ2n) is 9.57. The smallest absolute Gasteiger partial charge is 0.253 e. The number of halogens is 1.